The Morgan fingerprint density at radius 3 is 2.00 bits per heavy atom. The lowest BCUT2D eigenvalue weighted by Crippen LogP contribution is -2.18. The van der Waals surface area contributed by atoms with Gasteiger partial charge in [0.25, 0.3) is 5.24 Å². The molecule has 0 rings (SSSR count). The van der Waals surface area contributed by atoms with Crippen molar-refractivity contribution in [2.75, 3.05) is 26.4 Å². The van der Waals surface area contributed by atoms with Crippen molar-refractivity contribution in [2.24, 2.45) is 5.73 Å². The van der Waals surface area contributed by atoms with Crippen LogP contribution in [0.15, 0.2) is 0 Å². The molecule has 86 valence electrons. The molecule has 0 saturated carbocycles. The van der Waals surface area contributed by atoms with Gasteiger partial charge in [-0.3, -0.25) is 13.9 Å². The zero-order valence-electron chi connectivity index (χ0n) is 7.87. The zero-order valence-corrected chi connectivity index (χ0v) is 9.51. The molecule has 7 nitrogen and oxygen atoms in total. The first kappa shape index (κ1) is 16.1. The number of hydrogen-bond acceptors (Lipinski definition) is 5. The quantitative estimate of drug-likeness (QED) is 0.572. The normalized spacial score (nSPS) is 10.1. The van der Waals surface area contributed by atoms with Crippen molar-refractivity contribution in [1.29, 1.82) is 0 Å². The molecule has 1 amide bonds. The second-order valence-electron chi connectivity index (χ2n) is 2.25. The van der Waals surface area contributed by atoms with Crippen LogP contribution in [0.1, 0.15) is 0 Å². The molecular weight excluding hydrogens is 232 g/mol. The maximum absolute atomic E-state index is 10.7. The van der Waals surface area contributed by atoms with Crippen LogP contribution in [0, 0.1) is 0 Å². The van der Waals surface area contributed by atoms with E-state index in [1.165, 1.54) is 11.8 Å². The van der Waals surface area contributed by atoms with Gasteiger partial charge in [0.05, 0.1) is 0 Å². The molecule has 0 atom stereocenters. The number of hydrogen-bond donors (Lipinski definition) is 3. The monoisotopic (exact) mass is 246 g/mol. The SMILES string of the molecule is CN(C)C(=O)SCCN.O=S(=O)(O)O. The summed E-state index contributed by atoms with van der Waals surface area (Å²) in [6.45, 7) is 0.560. The highest BCUT2D eigenvalue weighted by molar-refractivity contribution is 8.13. The van der Waals surface area contributed by atoms with Crippen LogP contribution in [-0.2, 0) is 10.4 Å². The van der Waals surface area contributed by atoms with Gasteiger partial charge in [-0.05, 0) is 0 Å². The Morgan fingerprint density at radius 2 is 1.79 bits per heavy atom. The van der Waals surface area contributed by atoms with E-state index in [9.17, 15) is 4.79 Å². The van der Waals surface area contributed by atoms with Gasteiger partial charge in [0.15, 0.2) is 0 Å². The van der Waals surface area contributed by atoms with E-state index in [1.807, 2.05) is 0 Å². The van der Waals surface area contributed by atoms with Gasteiger partial charge in [-0.25, -0.2) is 0 Å². The Balaban J connectivity index is 0. The van der Waals surface area contributed by atoms with Crippen LogP contribution in [0.5, 0.6) is 0 Å². The van der Waals surface area contributed by atoms with Gasteiger partial charge in [-0.2, -0.15) is 8.42 Å². The first-order valence-corrected chi connectivity index (χ1v) is 5.80. The second kappa shape index (κ2) is 8.00. The van der Waals surface area contributed by atoms with E-state index in [-0.39, 0.29) is 5.24 Å². The van der Waals surface area contributed by atoms with Gasteiger partial charge >= 0.3 is 10.4 Å². The van der Waals surface area contributed by atoms with Crippen molar-refractivity contribution >= 4 is 27.4 Å². The van der Waals surface area contributed by atoms with Crippen LogP contribution in [0.4, 0.5) is 4.79 Å². The van der Waals surface area contributed by atoms with Crippen LogP contribution < -0.4 is 5.73 Å². The van der Waals surface area contributed by atoms with Crippen molar-refractivity contribution in [1.82, 2.24) is 4.90 Å². The Hall–Kier alpha value is -0.350. The van der Waals surface area contributed by atoms with E-state index in [2.05, 4.69) is 0 Å². The summed E-state index contributed by atoms with van der Waals surface area (Å²) >= 11 is 1.25. The molecule has 0 unspecified atom stereocenters. The summed E-state index contributed by atoms with van der Waals surface area (Å²) in [6.07, 6.45) is 0. The van der Waals surface area contributed by atoms with Gasteiger partial charge in [-0.1, -0.05) is 11.8 Å². The molecule has 0 aromatic heterocycles. The first-order valence-electron chi connectivity index (χ1n) is 3.42. The van der Waals surface area contributed by atoms with E-state index in [0.717, 1.165) is 0 Å². The number of nitrogens with two attached hydrogens (primary N) is 1. The van der Waals surface area contributed by atoms with Crippen molar-refractivity contribution in [3.05, 3.63) is 0 Å². The summed E-state index contributed by atoms with van der Waals surface area (Å²) in [4.78, 5) is 12.3. The van der Waals surface area contributed by atoms with Gasteiger partial charge in [0, 0.05) is 26.4 Å². The largest absolute Gasteiger partial charge is 0.394 e. The van der Waals surface area contributed by atoms with E-state index in [1.54, 1.807) is 19.0 Å². The lowest BCUT2D eigenvalue weighted by molar-refractivity contribution is 0.241. The third-order valence-corrected chi connectivity index (χ3v) is 1.76. The van der Waals surface area contributed by atoms with Crippen LogP contribution >= 0.6 is 11.8 Å². The summed E-state index contributed by atoms with van der Waals surface area (Å²) in [5.41, 5.74) is 5.19. The maximum atomic E-state index is 10.7. The molecule has 0 saturated heterocycles. The number of amides is 1. The minimum absolute atomic E-state index is 0.0699. The van der Waals surface area contributed by atoms with Gasteiger partial charge in [0.2, 0.25) is 0 Å². The molecule has 0 aromatic carbocycles. The van der Waals surface area contributed by atoms with Gasteiger partial charge in [-0.15, -0.1) is 0 Å². The van der Waals surface area contributed by atoms with Gasteiger partial charge in [0.1, 0.15) is 0 Å². The van der Waals surface area contributed by atoms with E-state index in [4.69, 9.17) is 23.3 Å². The molecule has 0 aliphatic heterocycles. The third kappa shape index (κ3) is 22.6. The average Bonchev–Trinajstić information content (AvgIpc) is 1.96. The molecule has 4 N–H and O–H groups in total. The Labute approximate surface area is 87.2 Å². The Bertz CT molecular complexity index is 243. The number of nitrogens with zero attached hydrogens (tertiary/aromatic N) is 1. The molecule has 0 aromatic rings. The molecule has 14 heavy (non-hydrogen) atoms. The summed E-state index contributed by atoms with van der Waals surface area (Å²) in [6, 6.07) is 0. The fraction of sp³-hybridized carbons (Fsp3) is 0.800. The lowest BCUT2D eigenvalue weighted by atomic mass is 10.8. The van der Waals surface area contributed by atoms with E-state index < -0.39 is 10.4 Å². The highest BCUT2D eigenvalue weighted by Crippen LogP contribution is 2.02. The average molecular weight is 246 g/mol. The molecule has 0 heterocycles. The number of carbonyl (C=O) groups is 1. The molecular formula is C5H14N2O5S2. The molecule has 0 aliphatic carbocycles. The molecule has 0 fully saturated rings. The zero-order chi connectivity index (χ0) is 11.8. The molecule has 9 heteroatoms. The standard InChI is InChI=1S/C5H12N2OS.H2O4S/c1-7(2)5(8)9-4-3-6;1-5(2,3)4/h3-4,6H2,1-2H3;(H2,1,2,3,4). The Kier molecular flexibility index (Phi) is 9.20. The van der Waals surface area contributed by atoms with Crippen molar-refractivity contribution in [3.8, 4) is 0 Å². The van der Waals surface area contributed by atoms with E-state index in [0.29, 0.717) is 12.3 Å². The van der Waals surface area contributed by atoms with Crippen molar-refractivity contribution in [2.45, 2.75) is 0 Å². The predicted molar refractivity (Wildman–Crippen MR) is 54.8 cm³/mol. The lowest BCUT2D eigenvalue weighted by Gasteiger charge is -2.07. The number of thioether (sulfide) groups is 1. The first-order chi connectivity index (χ1) is 6.18. The summed E-state index contributed by atoms with van der Waals surface area (Å²) < 4.78 is 31.6. The third-order valence-electron chi connectivity index (χ3n) is 0.709. The van der Waals surface area contributed by atoms with Crippen LogP contribution in [0.3, 0.4) is 0 Å². The molecule has 0 bridgehead atoms. The molecule has 0 spiro atoms. The predicted octanol–water partition coefficient (Wildman–Crippen LogP) is -0.293. The molecule has 0 radical (unpaired) electrons. The summed E-state index contributed by atoms with van der Waals surface area (Å²) in [5, 5.41) is 0.0699. The maximum Gasteiger partial charge on any atom is 0.394 e. The summed E-state index contributed by atoms with van der Waals surface area (Å²) in [7, 11) is -1.21. The Morgan fingerprint density at radius 1 is 1.43 bits per heavy atom. The van der Waals surface area contributed by atoms with Crippen LogP contribution in [0.2, 0.25) is 0 Å². The second-order valence-corrected chi connectivity index (χ2v) is 4.19. The van der Waals surface area contributed by atoms with Crippen LogP contribution in [0.25, 0.3) is 0 Å². The minimum Gasteiger partial charge on any atom is -0.340 e. The summed E-state index contributed by atoms with van der Waals surface area (Å²) in [5.74, 6) is 0.705. The van der Waals surface area contributed by atoms with Gasteiger partial charge < -0.3 is 10.6 Å². The highest BCUT2D eigenvalue weighted by Gasteiger charge is 2.01. The van der Waals surface area contributed by atoms with Crippen molar-refractivity contribution < 1.29 is 22.3 Å². The van der Waals surface area contributed by atoms with Crippen molar-refractivity contribution in [3.63, 3.8) is 0 Å². The van der Waals surface area contributed by atoms with Crippen LogP contribution in [-0.4, -0.2) is 54.1 Å². The molecule has 0 aliphatic rings. The number of rotatable bonds is 2. The smallest absolute Gasteiger partial charge is 0.340 e. The fourth-order valence-electron chi connectivity index (χ4n) is 0.275. The number of carbonyl (C=O) groups excluding carboxylic acids is 1. The highest BCUT2D eigenvalue weighted by atomic mass is 32.3. The fourth-order valence-corrected chi connectivity index (χ4v) is 0.826. The minimum atomic E-state index is -4.67. The topological polar surface area (TPSA) is 121 Å². The van der Waals surface area contributed by atoms with E-state index >= 15 is 0 Å².